The van der Waals surface area contributed by atoms with Crippen LogP contribution in [0.25, 0.3) is 0 Å². The molecule has 5 nitrogen and oxygen atoms in total. The van der Waals surface area contributed by atoms with Gasteiger partial charge in [-0.25, -0.2) is 4.98 Å². The fourth-order valence-corrected chi connectivity index (χ4v) is 2.15. The van der Waals surface area contributed by atoms with E-state index in [1.807, 2.05) is 31.2 Å². The van der Waals surface area contributed by atoms with E-state index in [-0.39, 0.29) is 11.7 Å². The molecule has 1 unspecified atom stereocenters. The number of pyridine rings is 1. The van der Waals surface area contributed by atoms with E-state index >= 15 is 0 Å². The van der Waals surface area contributed by atoms with Crippen LogP contribution in [0.15, 0.2) is 40.9 Å². The Hall–Kier alpha value is -1.95. The first-order valence-electron chi connectivity index (χ1n) is 6.11. The van der Waals surface area contributed by atoms with Crippen LogP contribution in [-0.4, -0.2) is 9.91 Å². The van der Waals surface area contributed by atoms with E-state index in [9.17, 15) is 10.1 Å². The second kappa shape index (κ2) is 6.00. The molecule has 2 rings (SSSR count). The van der Waals surface area contributed by atoms with Crippen molar-refractivity contribution in [2.24, 2.45) is 0 Å². The summed E-state index contributed by atoms with van der Waals surface area (Å²) in [6, 6.07) is 11.1. The number of hydrogen-bond acceptors (Lipinski definition) is 4. The van der Waals surface area contributed by atoms with Gasteiger partial charge in [0, 0.05) is 16.6 Å². The number of benzene rings is 1. The molecule has 0 aliphatic heterocycles. The molecule has 0 radical (unpaired) electrons. The van der Waals surface area contributed by atoms with Gasteiger partial charge in [-0.1, -0.05) is 28.1 Å². The van der Waals surface area contributed by atoms with E-state index < -0.39 is 4.92 Å². The zero-order chi connectivity index (χ0) is 14.7. The minimum Gasteiger partial charge on any atom is -0.364 e. The van der Waals surface area contributed by atoms with Gasteiger partial charge >= 0.3 is 0 Å². The molecule has 1 aromatic carbocycles. The molecule has 0 bridgehead atoms. The molecule has 0 saturated carbocycles. The van der Waals surface area contributed by atoms with E-state index in [2.05, 4.69) is 26.2 Å². The van der Waals surface area contributed by atoms with Gasteiger partial charge < -0.3 is 5.32 Å². The van der Waals surface area contributed by atoms with Crippen LogP contribution in [-0.2, 0) is 0 Å². The minimum absolute atomic E-state index is 0.0341. The van der Waals surface area contributed by atoms with Crippen molar-refractivity contribution in [3.63, 3.8) is 0 Å². The molecular formula is C14H14BrN3O2. The highest BCUT2D eigenvalue weighted by Gasteiger charge is 2.13. The van der Waals surface area contributed by atoms with Crippen molar-refractivity contribution in [2.45, 2.75) is 19.9 Å². The predicted molar refractivity (Wildman–Crippen MR) is 81.8 cm³/mol. The number of anilines is 1. The van der Waals surface area contributed by atoms with Gasteiger partial charge in [0.25, 0.3) is 5.69 Å². The van der Waals surface area contributed by atoms with Crippen molar-refractivity contribution in [3.8, 4) is 0 Å². The Kier molecular flexibility index (Phi) is 4.34. The first-order valence-corrected chi connectivity index (χ1v) is 6.90. The number of rotatable bonds is 4. The summed E-state index contributed by atoms with van der Waals surface area (Å²) in [4.78, 5) is 14.5. The Morgan fingerprint density at radius 3 is 2.45 bits per heavy atom. The van der Waals surface area contributed by atoms with Gasteiger partial charge in [0.15, 0.2) is 0 Å². The molecule has 0 aliphatic carbocycles. The van der Waals surface area contributed by atoms with Gasteiger partial charge in [-0.3, -0.25) is 10.1 Å². The lowest BCUT2D eigenvalue weighted by molar-refractivity contribution is -0.385. The summed E-state index contributed by atoms with van der Waals surface area (Å²) in [6.07, 6.45) is 0. The average molecular weight is 336 g/mol. The zero-order valence-electron chi connectivity index (χ0n) is 11.1. The van der Waals surface area contributed by atoms with Crippen LogP contribution in [0.4, 0.5) is 11.5 Å². The number of aromatic nitrogens is 1. The van der Waals surface area contributed by atoms with E-state index in [1.165, 1.54) is 6.07 Å². The topological polar surface area (TPSA) is 68.1 Å². The molecule has 104 valence electrons. The van der Waals surface area contributed by atoms with Crippen molar-refractivity contribution >= 4 is 27.4 Å². The first-order chi connectivity index (χ1) is 9.47. The Morgan fingerprint density at radius 1 is 1.25 bits per heavy atom. The van der Waals surface area contributed by atoms with Gasteiger partial charge in [-0.15, -0.1) is 0 Å². The van der Waals surface area contributed by atoms with Gasteiger partial charge in [0.2, 0.25) is 0 Å². The Morgan fingerprint density at radius 2 is 1.90 bits per heavy atom. The highest BCUT2D eigenvalue weighted by molar-refractivity contribution is 9.10. The van der Waals surface area contributed by atoms with Crippen molar-refractivity contribution in [2.75, 3.05) is 5.32 Å². The molecule has 6 heteroatoms. The summed E-state index contributed by atoms with van der Waals surface area (Å²) in [6.45, 7) is 3.65. The van der Waals surface area contributed by atoms with Crippen molar-refractivity contribution in [1.82, 2.24) is 4.98 Å². The molecule has 0 saturated heterocycles. The van der Waals surface area contributed by atoms with Crippen molar-refractivity contribution in [1.29, 1.82) is 0 Å². The monoisotopic (exact) mass is 335 g/mol. The average Bonchev–Trinajstić information content (AvgIpc) is 2.39. The molecule has 2 aromatic rings. The number of aryl methyl sites for hydroxylation is 1. The third-order valence-electron chi connectivity index (χ3n) is 2.99. The second-order valence-electron chi connectivity index (χ2n) is 4.48. The van der Waals surface area contributed by atoms with Crippen LogP contribution in [0, 0.1) is 17.0 Å². The summed E-state index contributed by atoms with van der Waals surface area (Å²) in [5.74, 6) is 0.628. The van der Waals surface area contributed by atoms with E-state index in [1.54, 1.807) is 13.0 Å². The maximum Gasteiger partial charge on any atom is 0.290 e. The number of halogens is 1. The van der Waals surface area contributed by atoms with Gasteiger partial charge in [0.05, 0.1) is 4.92 Å². The lowest BCUT2D eigenvalue weighted by atomic mass is 10.1. The molecule has 0 fully saturated rings. The molecule has 20 heavy (non-hydrogen) atoms. The summed E-state index contributed by atoms with van der Waals surface area (Å²) in [7, 11) is 0. The fraction of sp³-hybridized carbons (Fsp3) is 0.214. The van der Waals surface area contributed by atoms with Crippen LogP contribution in [0.1, 0.15) is 24.2 Å². The largest absolute Gasteiger partial charge is 0.364 e. The quantitative estimate of drug-likeness (QED) is 0.670. The SMILES string of the molecule is Cc1nc(NC(C)c2ccc(Br)cc2)ccc1[N+](=O)[O-]. The summed E-state index contributed by atoms with van der Waals surface area (Å²) >= 11 is 3.40. The fourth-order valence-electron chi connectivity index (χ4n) is 1.88. The van der Waals surface area contributed by atoms with E-state index in [0.717, 1.165) is 10.0 Å². The molecule has 1 atom stereocenters. The van der Waals surface area contributed by atoms with Crippen LogP contribution < -0.4 is 5.32 Å². The normalized spacial score (nSPS) is 11.9. The Balaban J connectivity index is 2.15. The van der Waals surface area contributed by atoms with Gasteiger partial charge in [-0.05, 0) is 37.6 Å². The number of nitro groups is 1. The first kappa shape index (κ1) is 14.5. The molecular weight excluding hydrogens is 322 g/mol. The molecule has 1 heterocycles. The summed E-state index contributed by atoms with van der Waals surface area (Å²) in [5.41, 5.74) is 1.56. The Bertz CT molecular complexity index is 629. The van der Waals surface area contributed by atoms with Crippen LogP contribution >= 0.6 is 15.9 Å². The van der Waals surface area contributed by atoms with E-state index in [4.69, 9.17) is 0 Å². The highest BCUT2D eigenvalue weighted by atomic mass is 79.9. The molecule has 0 spiro atoms. The number of nitrogens with zero attached hydrogens (tertiary/aromatic N) is 2. The maximum atomic E-state index is 10.7. The number of hydrogen-bond donors (Lipinski definition) is 1. The van der Waals surface area contributed by atoms with E-state index in [0.29, 0.717) is 11.5 Å². The molecule has 1 N–H and O–H groups in total. The zero-order valence-corrected chi connectivity index (χ0v) is 12.7. The van der Waals surface area contributed by atoms with Crippen LogP contribution in [0.2, 0.25) is 0 Å². The van der Waals surface area contributed by atoms with Gasteiger partial charge in [0.1, 0.15) is 11.5 Å². The predicted octanol–water partition coefficient (Wildman–Crippen LogP) is 4.23. The smallest absolute Gasteiger partial charge is 0.290 e. The van der Waals surface area contributed by atoms with Crippen LogP contribution in [0.5, 0.6) is 0 Å². The van der Waals surface area contributed by atoms with Crippen molar-refractivity contribution < 1.29 is 4.92 Å². The molecule has 0 aliphatic rings. The molecule has 0 amide bonds. The van der Waals surface area contributed by atoms with Crippen LogP contribution in [0.3, 0.4) is 0 Å². The molecule has 1 aromatic heterocycles. The summed E-state index contributed by atoms with van der Waals surface area (Å²) < 4.78 is 1.03. The third-order valence-corrected chi connectivity index (χ3v) is 3.52. The second-order valence-corrected chi connectivity index (χ2v) is 5.39. The summed E-state index contributed by atoms with van der Waals surface area (Å²) in [5, 5.41) is 14.0. The minimum atomic E-state index is -0.426. The lowest BCUT2D eigenvalue weighted by Gasteiger charge is -2.15. The number of nitrogens with one attached hydrogen (secondary N) is 1. The third kappa shape index (κ3) is 3.33. The Labute approximate surface area is 125 Å². The van der Waals surface area contributed by atoms with Gasteiger partial charge in [-0.2, -0.15) is 0 Å². The lowest BCUT2D eigenvalue weighted by Crippen LogP contribution is -2.08. The highest BCUT2D eigenvalue weighted by Crippen LogP contribution is 2.23. The van der Waals surface area contributed by atoms with Crippen molar-refractivity contribution in [3.05, 3.63) is 62.2 Å². The maximum absolute atomic E-state index is 10.7. The standard InChI is InChI=1S/C14H14BrN3O2/c1-9(11-3-5-12(15)6-4-11)16-14-8-7-13(18(19)20)10(2)17-14/h3-9H,1-2H3,(H,16,17).